The van der Waals surface area contributed by atoms with Crippen molar-refractivity contribution in [3.05, 3.63) is 35.7 Å². The average Bonchev–Trinajstić information content (AvgIpc) is 3.08. The van der Waals surface area contributed by atoms with Crippen LogP contribution >= 0.6 is 0 Å². The second-order valence-corrected chi connectivity index (χ2v) is 7.05. The first kappa shape index (κ1) is 15.0. The van der Waals surface area contributed by atoms with Gasteiger partial charge in [-0.05, 0) is 31.0 Å². The van der Waals surface area contributed by atoms with Crippen LogP contribution in [0.25, 0.3) is 11.4 Å². The van der Waals surface area contributed by atoms with Gasteiger partial charge in [0, 0.05) is 12.1 Å². The van der Waals surface area contributed by atoms with E-state index in [0.29, 0.717) is 19.4 Å². The minimum atomic E-state index is -3.37. The van der Waals surface area contributed by atoms with Crippen LogP contribution in [0.5, 0.6) is 0 Å². The number of sulfonamides is 1. The van der Waals surface area contributed by atoms with E-state index in [4.69, 9.17) is 4.52 Å². The molecule has 1 aliphatic rings. The van der Waals surface area contributed by atoms with Gasteiger partial charge in [0.25, 0.3) is 0 Å². The van der Waals surface area contributed by atoms with Crippen molar-refractivity contribution < 1.29 is 21.7 Å². The lowest BCUT2D eigenvalue weighted by molar-refractivity contribution is 0.291. The Morgan fingerprint density at radius 3 is 2.77 bits per heavy atom. The van der Waals surface area contributed by atoms with Crippen molar-refractivity contribution in [3.8, 4) is 11.4 Å². The molecule has 1 aliphatic heterocycles. The van der Waals surface area contributed by atoms with E-state index in [-0.39, 0.29) is 17.3 Å². The first-order valence-electron chi connectivity index (χ1n) is 6.62. The Hall–Kier alpha value is -1.87. The molecule has 1 unspecified atom stereocenters. The van der Waals surface area contributed by atoms with Gasteiger partial charge in [-0.15, -0.1) is 0 Å². The molecule has 3 rings (SSSR count). The first-order chi connectivity index (χ1) is 10.4. The maximum Gasteiger partial charge on any atom is 0.245 e. The molecule has 1 aromatic carbocycles. The minimum absolute atomic E-state index is 0.0919. The molecule has 0 spiro atoms. The van der Waals surface area contributed by atoms with E-state index in [1.165, 1.54) is 10.4 Å². The standard InChI is InChI=1S/C13H13F2N3O3S/c1-22(19,20)18-6-2-3-11(18)13-16-12(17-21-13)8-4-5-9(14)10(15)7-8/h4-5,7,11H,2-3,6H2,1H3. The zero-order chi connectivity index (χ0) is 15.9. The van der Waals surface area contributed by atoms with Gasteiger partial charge >= 0.3 is 0 Å². The fourth-order valence-corrected chi connectivity index (χ4v) is 3.63. The Kier molecular flexibility index (Phi) is 3.69. The van der Waals surface area contributed by atoms with Crippen molar-refractivity contribution in [2.24, 2.45) is 0 Å². The Bertz CT molecular complexity index is 807. The van der Waals surface area contributed by atoms with Crippen LogP contribution in [0.3, 0.4) is 0 Å². The van der Waals surface area contributed by atoms with Crippen LogP contribution < -0.4 is 0 Å². The van der Waals surface area contributed by atoms with Crippen molar-refractivity contribution in [2.45, 2.75) is 18.9 Å². The number of hydrogen-bond acceptors (Lipinski definition) is 5. The fraction of sp³-hybridized carbons (Fsp3) is 0.385. The van der Waals surface area contributed by atoms with Crippen molar-refractivity contribution in [2.75, 3.05) is 12.8 Å². The zero-order valence-electron chi connectivity index (χ0n) is 11.7. The molecule has 1 atom stereocenters. The van der Waals surface area contributed by atoms with Crippen LogP contribution in [0.4, 0.5) is 8.78 Å². The molecule has 22 heavy (non-hydrogen) atoms. The van der Waals surface area contributed by atoms with Gasteiger partial charge < -0.3 is 4.52 Å². The monoisotopic (exact) mass is 329 g/mol. The topological polar surface area (TPSA) is 76.3 Å². The lowest BCUT2D eigenvalue weighted by Crippen LogP contribution is -2.29. The highest BCUT2D eigenvalue weighted by atomic mass is 32.2. The second-order valence-electron chi connectivity index (χ2n) is 5.12. The SMILES string of the molecule is CS(=O)(=O)N1CCCC1c1nc(-c2ccc(F)c(F)c2)no1. The van der Waals surface area contributed by atoms with Crippen LogP contribution in [0, 0.1) is 11.6 Å². The van der Waals surface area contributed by atoms with E-state index >= 15 is 0 Å². The molecule has 0 aliphatic carbocycles. The van der Waals surface area contributed by atoms with Crippen molar-refractivity contribution >= 4 is 10.0 Å². The van der Waals surface area contributed by atoms with Gasteiger partial charge in [-0.1, -0.05) is 5.16 Å². The lowest BCUT2D eigenvalue weighted by atomic mass is 10.2. The summed E-state index contributed by atoms with van der Waals surface area (Å²) < 4.78 is 56.0. The predicted octanol–water partition coefficient (Wildman–Crippen LogP) is 2.11. The maximum absolute atomic E-state index is 13.2. The highest BCUT2D eigenvalue weighted by Gasteiger charge is 2.36. The normalized spacial score (nSPS) is 19.7. The summed E-state index contributed by atoms with van der Waals surface area (Å²) >= 11 is 0. The van der Waals surface area contributed by atoms with Gasteiger partial charge in [-0.2, -0.15) is 9.29 Å². The van der Waals surface area contributed by atoms with Crippen LogP contribution in [0.1, 0.15) is 24.8 Å². The predicted molar refractivity (Wildman–Crippen MR) is 73.2 cm³/mol. The summed E-state index contributed by atoms with van der Waals surface area (Å²) in [6, 6.07) is 2.75. The molecule has 1 saturated heterocycles. The van der Waals surface area contributed by atoms with E-state index in [1.54, 1.807) is 0 Å². The van der Waals surface area contributed by atoms with E-state index in [9.17, 15) is 17.2 Å². The Balaban J connectivity index is 1.92. The fourth-order valence-electron chi connectivity index (χ4n) is 2.51. The summed E-state index contributed by atoms with van der Waals surface area (Å²) in [4.78, 5) is 4.12. The zero-order valence-corrected chi connectivity index (χ0v) is 12.5. The van der Waals surface area contributed by atoms with Crippen molar-refractivity contribution in [1.82, 2.24) is 14.4 Å². The molecule has 9 heteroatoms. The highest BCUT2D eigenvalue weighted by molar-refractivity contribution is 7.88. The molecule has 0 radical (unpaired) electrons. The van der Waals surface area contributed by atoms with Crippen molar-refractivity contribution in [3.63, 3.8) is 0 Å². The smallest absolute Gasteiger partial charge is 0.245 e. The summed E-state index contributed by atoms with van der Waals surface area (Å²) in [7, 11) is -3.37. The Labute approximate surface area is 125 Å². The van der Waals surface area contributed by atoms with Gasteiger partial charge in [-0.25, -0.2) is 17.2 Å². The van der Waals surface area contributed by atoms with Crippen LogP contribution in [-0.4, -0.2) is 35.7 Å². The molecule has 6 nitrogen and oxygen atoms in total. The van der Waals surface area contributed by atoms with E-state index < -0.39 is 27.7 Å². The molecule has 0 bridgehead atoms. The molecule has 1 aromatic heterocycles. The number of halogens is 2. The van der Waals surface area contributed by atoms with Gasteiger partial charge in [-0.3, -0.25) is 0 Å². The Morgan fingerprint density at radius 1 is 1.32 bits per heavy atom. The number of hydrogen-bond donors (Lipinski definition) is 0. The number of nitrogens with zero attached hydrogens (tertiary/aromatic N) is 3. The second kappa shape index (κ2) is 5.40. The molecule has 1 fully saturated rings. The maximum atomic E-state index is 13.2. The van der Waals surface area contributed by atoms with E-state index in [1.807, 2.05) is 0 Å². The third-order valence-corrected chi connectivity index (χ3v) is 4.82. The number of rotatable bonds is 3. The molecule has 0 N–H and O–H groups in total. The molecule has 118 valence electrons. The van der Waals surface area contributed by atoms with E-state index in [0.717, 1.165) is 18.4 Å². The van der Waals surface area contributed by atoms with Crippen LogP contribution in [0.2, 0.25) is 0 Å². The molecule has 0 amide bonds. The number of benzene rings is 1. The van der Waals surface area contributed by atoms with E-state index in [2.05, 4.69) is 10.1 Å². The third-order valence-electron chi connectivity index (χ3n) is 3.53. The summed E-state index contributed by atoms with van der Waals surface area (Å²) in [5.74, 6) is -1.73. The molecular formula is C13H13F2N3O3S. The van der Waals surface area contributed by atoms with Gasteiger partial charge in [0.2, 0.25) is 21.7 Å². The van der Waals surface area contributed by atoms with Crippen molar-refractivity contribution in [1.29, 1.82) is 0 Å². The van der Waals surface area contributed by atoms with Crippen LogP contribution in [-0.2, 0) is 10.0 Å². The lowest BCUT2D eigenvalue weighted by Gasteiger charge is -2.18. The summed E-state index contributed by atoms with van der Waals surface area (Å²) in [6.07, 6.45) is 2.39. The minimum Gasteiger partial charge on any atom is -0.337 e. The van der Waals surface area contributed by atoms with Gasteiger partial charge in [0.15, 0.2) is 11.6 Å². The van der Waals surface area contributed by atoms with Gasteiger partial charge in [0.1, 0.15) is 6.04 Å². The molecule has 2 aromatic rings. The highest BCUT2D eigenvalue weighted by Crippen LogP contribution is 2.33. The number of aromatic nitrogens is 2. The molecule has 0 saturated carbocycles. The average molecular weight is 329 g/mol. The third kappa shape index (κ3) is 2.73. The summed E-state index contributed by atoms with van der Waals surface area (Å²) in [5, 5.41) is 3.72. The summed E-state index contributed by atoms with van der Waals surface area (Å²) in [6.45, 7) is 0.395. The quantitative estimate of drug-likeness (QED) is 0.862. The Morgan fingerprint density at radius 2 is 2.09 bits per heavy atom. The summed E-state index contributed by atoms with van der Waals surface area (Å²) in [5.41, 5.74) is 0.262. The largest absolute Gasteiger partial charge is 0.337 e. The molecular weight excluding hydrogens is 316 g/mol. The molecule has 2 heterocycles. The first-order valence-corrected chi connectivity index (χ1v) is 8.47. The van der Waals surface area contributed by atoms with Gasteiger partial charge in [0.05, 0.1) is 6.26 Å². The van der Waals surface area contributed by atoms with Crippen LogP contribution in [0.15, 0.2) is 22.7 Å².